The van der Waals surface area contributed by atoms with Crippen molar-refractivity contribution in [2.45, 2.75) is 31.6 Å². The third kappa shape index (κ3) is 5.12. The molecule has 2 aromatic carbocycles. The van der Waals surface area contributed by atoms with E-state index >= 15 is 0 Å². The highest BCUT2D eigenvalue weighted by Crippen LogP contribution is 2.21. The molecule has 7 nitrogen and oxygen atoms in total. The van der Waals surface area contributed by atoms with E-state index in [1.807, 2.05) is 6.92 Å². The SMILES string of the molecule is CCn1cncc1S(=O)(=O)NCc1ccc(F)c(COc2cccc(OC)c2)c1. The van der Waals surface area contributed by atoms with Crippen LogP contribution in [-0.2, 0) is 29.7 Å². The van der Waals surface area contributed by atoms with Gasteiger partial charge in [-0.25, -0.2) is 22.5 Å². The minimum Gasteiger partial charge on any atom is -0.497 e. The van der Waals surface area contributed by atoms with Gasteiger partial charge in [-0.1, -0.05) is 12.1 Å². The summed E-state index contributed by atoms with van der Waals surface area (Å²) < 4.78 is 54.0. The molecule has 0 aliphatic heterocycles. The Bertz CT molecular complexity index is 1080. The highest BCUT2D eigenvalue weighted by Gasteiger charge is 2.18. The van der Waals surface area contributed by atoms with Crippen LogP contribution in [0.25, 0.3) is 0 Å². The van der Waals surface area contributed by atoms with E-state index in [2.05, 4.69) is 9.71 Å². The average Bonchev–Trinajstić information content (AvgIpc) is 3.22. The lowest BCUT2D eigenvalue weighted by atomic mass is 10.1. The fourth-order valence-corrected chi connectivity index (χ4v) is 3.91. The van der Waals surface area contributed by atoms with Gasteiger partial charge in [0.2, 0.25) is 0 Å². The molecule has 0 spiro atoms. The van der Waals surface area contributed by atoms with Crippen LogP contribution < -0.4 is 14.2 Å². The molecule has 3 aromatic rings. The molecule has 0 saturated carbocycles. The summed E-state index contributed by atoms with van der Waals surface area (Å²) in [6.45, 7) is 2.33. The maximum atomic E-state index is 14.2. The first-order chi connectivity index (χ1) is 13.9. The molecule has 0 unspecified atom stereocenters. The molecule has 1 aromatic heterocycles. The number of aryl methyl sites for hydroxylation is 1. The van der Waals surface area contributed by atoms with Crippen molar-refractivity contribution in [3.05, 3.63) is 71.9 Å². The third-order valence-corrected chi connectivity index (χ3v) is 5.72. The van der Waals surface area contributed by atoms with Crippen LogP contribution in [-0.4, -0.2) is 25.1 Å². The summed E-state index contributed by atoms with van der Waals surface area (Å²) in [4.78, 5) is 3.87. The molecule has 0 atom stereocenters. The van der Waals surface area contributed by atoms with Crippen LogP contribution in [0.4, 0.5) is 4.39 Å². The first-order valence-electron chi connectivity index (χ1n) is 8.97. The third-order valence-electron chi connectivity index (χ3n) is 4.30. The van der Waals surface area contributed by atoms with Crippen LogP contribution in [0.1, 0.15) is 18.1 Å². The van der Waals surface area contributed by atoms with Gasteiger partial charge in [0.25, 0.3) is 10.0 Å². The lowest BCUT2D eigenvalue weighted by Crippen LogP contribution is -2.25. The predicted octanol–water partition coefficient (Wildman–Crippen LogP) is 3.11. The summed E-state index contributed by atoms with van der Waals surface area (Å²) in [6.07, 6.45) is 2.75. The lowest BCUT2D eigenvalue weighted by Gasteiger charge is -2.11. The van der Waals surface area contributed by atoms with Gasteiger partial charge in [-0.05, 0) is 36.8 Å². The zero-order valence-electron chi connectivity index (χ0n) is 16.1. The Hall–Kier alpha value is -2.91. The minimum atomic E-state index is -3.73. The first kappa shape index (κ1) is 20.8. The second kappa shape index (κ2) is 9.06. The summed E-state index contributed by atoms with van der Waals surface area (Å²) in [5.74, 6) is 0.753. The number of hydrogen-bond acceptors (Lipinski definition) is 5. The molecule has 1 heterocycles. The zero-order chi connectivity index (χ0) is 20.9. The smallest absolute Gasteiger partial charge is 0.258 e. The summed E-state index contributed by atoms with van der Waals surface area (Å²) >= 11 is 0. The molecule has 0 saturated heterocycles. The van der Waals surface area contributed by atoms with Gasteiger partial charge in [0.1, 0.15) is 23.9 Å². The van der Waals surface area contributed by atoms with E-state index in [4.69, 9.17) is 9.47 Å². The normalized spacial score (nSPS) is 11.4. The van der Waals surface area contributed by atoms with Crippen LogP contribution in [0, 0.1) is 5.82 Å². The van der Waals surface area contributed by atoms with Crippen molar-refractivity contribution in [1.29, 1.82) is 0 Å². The molecule has 0 bridgehead atoms. The van der Waals surface area contributed by atoms with E-state index in [-0.39, 0.29) is 18.2 Å². The molecule has 3 rings (SSSR count). The number of aromatic nitrogens is 2. The monoisotopic (exact) mass is 419 g/mol. The number of halogens is 1. The molecule has 29 heavy (non-hydrogen) atoms. The maximum Gasteiger partial charge on any atom is 0.258 e. The number of methoxy groups -OCH3 is 1. The number of nitrogens with one attached hydrogen (secondary N) is 1. The quantitative estimate of drug-likeness (QED) is 0.576. The maximum absolute atomic E-state index is 14.2. The average molecular weight is 419 g/mol. The van der Waals surface area contributed by atoms with Crippen molar-refractivity contribution in [3.8, 4) is 11.5 Å². The number of hydrogen-bond donors (Lipinski definition) is 1. The van der Waals surface area contributed by atoms with Crippen LogP contribution >= 0.6 is 0 Å². The number of rotatable bonds is 9. The topological polar surface area (TPSA) is 82.5 Å². The molecule has 154 valence electrons. The molecule has 9 heteroatoms. The molecule has 0 fully saturated rings. The van der Waals surface area contributed by atoms with Crippen LogP contribution in [0.3, 0.4) is 0 Å². The van der Waals surface area contributed by atoms with E-state index in [1.165, 1.54) is 29.2 Å². The van der Waals surface area contributed by atoms with Crippen LogP contribution in [0.5, 0.6) is 11.5 Å². The Morgan fingerprint density at radius 3 is 2.72 bits per heavy atom. The number of benzene rings is 2. The zero-order valence-corrected chi connectivity index (χ0v) is 16.9. The second-order valence-corrected chi connectivity index (χ2v) is 7.95. The van der Waals surface area contributed by atoms with Crippen molar-refractivity contribution in [2.24, 2.45) is 0 Å². The lowest BCUT2D eigenvalue weighted by molar-refractivity contribution is 0.297. The number of nitrogens with zero attached hydrogens (tertiary/aromatic N) is 2. The van der Waals surface area contributed by atoms with E-state index in [9.17, 15) is 12.8 Å². The molecular formula is C20H22FN3O4S. The Balaban J connectivity index is 1.68. The van der Waals surface area contributed by atoms with Crippen molar-refractivity contribution in [2.75, 3.05) is 7.11 Å². The Morgan fingerprint density at radius 1 is 1.17 bits per heavy atom. The van der Waals surface area contributed by atoms with Crippen LogP contribution in [0.15, 0.2) is 60.0 Å². The minimum absolute atomic E-state index is 0.00218. The number of ether oxygens (including phenoxy) is 2. The molecule has 0 aliphatic rings. The highest BCUT2D eigenvalue weighted by atomic mass is 32.2. The molecule has 0 amide bonds. The summed E-state index contributed by atoms with van der Waals surface area (Å²) in [5, 5.41) is 0.0868. The van der Waals surface area contributed by atoms with Crippen molar-refractivity contribution < 1.29 is 22.3 Å². The van der Waals surface area contributed by atoms with Crippen molar-refractivity contribution in [1.82, 2.24) is 14.3 Å². The Morgan fingerprint density at radius 2 is 1.97 bits per heavy atom. The number of imidazole rings is 1. The van der Waals surface area contributed by atoms with Gasteiger partial charge >= 0.3 is 0 Å². The number of sulfonamides is 1. The van der Waals surface area contributed by atoms with Gasteiger partial charge < -0.3 is 14.0 Å². The molecule has 0 aliphatic carbocycles. The first-order valence-corrected chi connectivity index (χ1v) is 10.4. The van der Waals surface area contributed by atoms with Gasteiger partial charge in [0.05, 0.1) is 19.6 Å². The molecular weight excluding hydrogens is 397 g/mol. The van der Waals surface area contributed by atoms with E-state index in [0.29, 0.717) is 29.2 Å². The fraction of sp³-hybridized carbons (Fsp3) is 0.250. The fourth-order valence-electron chi connectivity index (χ4n) is 2.72. The van der Waals surface area contributed by atoms with Gasteiger partial charge in [-0.2, -0.15) is 0 Å². The van der Waals surface area contributed by atoms with Crippen molar-refractivity contribution in [3.63, 3.8) is 0 Å². The van der Waals surface area contributed by atoms with Gasteiger partial charge in [-0.3, -0.25) is 0 Å². The molecule has 0 radical (unpaired) electrons. The second-order valence-electron chi connectivity index (χ2n) is 6.24. The standard InChI is InChI=1S/C20H22FN3O4S/c1-3-24-14-22-12-20(24)29(25,26)23-11-15-7-8-19(21)16(9-15)13-28-18-6-4-5-17(10-18)27-2/h4-10,12,14,23H,3,11,13H2,1-2H3. The Labute approximate surface area is 169 Å². The predicted molar refractivity (Wildman–Crippen MR) is 106 cm³/mol. The van der Waals surface area contributed by atoms with E-state index < -0.39 is 15.8 Å². The highest BCUT2D eigenvalue weighted by molar-refractivity contribution is 7.89. The molecule has 1 N–H and O–H groups in total. The largest absolute Gasteiger partial charge is 0.497 e. The Kier molecular flexibility index (Phi) is 6.50. The van der Waals surface area contributed by atoms with Crippen molar-refractivity contribution >= 4 is 10.0 Å². The van der Waals surface area contributed by atoms with Gasteiger partial charge in [-0.15, -0.1) is 0 Å². The van der Waals surface area contributed by atoms with E-state index in [1.54, 1.807) is 37.4 Å². The summed E-state index contributed by atoms with van der Waals surface area (Å²) in [7, 11) is -2.18. The van der Waals surface area contributed by atoms with Crippen LogP contribution in [0.2, 0.25) is 0 Å². The van der Waals surface area contributed by atoms with Gasteiger partial charge in [0, 0.05) is 24.7 Å². The van der Waals surface area contributed by atoms with E-state index in [0.717, 1.165) is 0 Å². The summed E-state index contributed by atoms with van der Waals surface area (Å²) in [5.41, 5.74) is 0.935. The van der Waals surface area contributed by atoms with Gasteiger partial charge in [0.15, 0.2) is 5.03 Å². The summed E-state index contributed by atoms with van der Waals surface area (Å²) in [6, 6.07) is 11.4.